The molecule has 0 aromatic carbocycles. The van der Waals surface area contributed by atoms with Crippen LogP contribution in [0.2, 0.25) is 0 Å². The Balaban J connectivity index is 2.45. The number of quaternary nitrogens is 1. The lowest BCUT2D eigenvalue weighted by Gasteiger charge is -2.38. The molecule has 0 heterocycles. The molecule has 1 rings (SSSR count). The predicted molar refractivity (Wildman–Crippen MR) is 61.8 cm³/mol. The molecule has 1 aliphatic rings. The summed E-state index contributed by atoms with van der Waals surface area (Å²) in [6.45, 7) is 5.67. The Hall–Kier alpha value is -0.0800. The van der Waals surface area contributed by atoms with Gasteiger partial charge >= 0.3 is 0 Å². The molecule has 2 heteroatoms. The van der Waals surface area contributed by atoms with Crippen LogP contribution in [0.1, 0.15) is 46.0 Å². The fraction of sp³-hybridized carbons (Fsp3) is 1.00. The van der Waals surface area contributed by atoms with Crippen molar-refractivity contribution in [2.45, 2.75) is 52.0 Å². The summed E-state index contributed by atoms with van der Waals surface area (Å²) in [6, 6.07) is 0.839. The molecule has 0 aromatic rings. The van der Waals surface area contributed by atoms with Crippen LogP contribution in [0, 0.1) is 5.92 Å². The highest BCUT2D eigenvalue weighted by molar-refractivity contribution is 4.81. The van der Waals surface area contributed by atoms with Gasteiger partial charge in [0.15, 0.2) is 0 Å². The monoisotopic (exact) mass is 199 g/mol. The van der Waals surface area contributed by atoms with Gasteiger partial charge in [0.25, 0.3) is 0 Å². The zero-order valence-corrected chi connectivity index (χ0v) is 10.3. The summed E-state index contributed by atoms with van der Waals surface area (Å²) in [5.41, 5.74) is 3.65. The first-order chi connectivity index (χ1) is 6.61. The van der Waals surface area contributed by atoms with Gasteiger partial charge in [-0.1, -0.05) is 20.3 Å². The van der Waals surface area contributed by atoms with E-state index in [1.54, 1.807) is 0 Å². The van der Waals surface area contributed by atoms with Gasteiger partial charge < -0.3 is 0 Å². The molecule has 1 fully saturated rings. The van der Waals surface area contributed by atoms with Crippen molar-refractivity contribution in [3.05, 3.63) is 0 Å². The molecular formula is C12H27N2+. The van der Waals surface area contributed by atoms with Crippen molar-refractivity contribution in [3.8, 4) is 0 Å². The molecule has 84 valence electrons. The molecule has 2 nitrogen and oxygen atoms in total. The van der Waals surface area contributed by atoms with Crippen molar-refractivity contribution in [2.75, 3.05) is 20.6 Å². The molecule has 1 atom stereocenters. The molecule has 0 aliphatic heterocycles. The second-order valence-corrected chi connectivity index (χ2v) is 5.14. The largest absolute Gasteiger partial charge is 0.248 e. The lowest BCUT2D eigenvalue weighted by atomic mass is 10.1. The molecule has 1 N–H and O–H groups in total. The van der Waals surface area contributed by atoms with Gasteiger partial charge in [0, 0.05) is 18.9 Å². The van der Waals surface area contributed by atoms with Gasteiger partial charge in [0.1, 0.15) is 6.04 Å². The molecule has 0 spiro atoms. The van der Waals surface area contributed by atoms with Gasteiger partial charge in [-0.15, -0.1) is 0 Å². The molecule has 14 heavy (non-hydrogen) atoms. The van der Waals surface area contributed by atoms with E-state index in [-0.39, 0.29) is 0 Å². The van der Waals surface area contributed by atoms with Crippen molar-refractivity contribution in [3.63, 3.8) is 0 Å². The molecule has 0 radical (unpaired) electrons. The van der Waals surface area contributed by atoms with E-state index in [1.807, 2.05) is 0 Å². The quantitative estimate of drug-likeness (QED) is 0.491. The van der Waals surface area contributed by atoms with E-state index in [2.05, 4.69) is 33.4 Å². The third kappa shape index (κ3) is 3.25. The van der Waals surface area contributed by atoms with Gasteiger partial charge in [-0.25, -0.2) is 4.59 Å². The van der Waals surface area contributed by atoms with E-state index in [0.717, 1.165) is 23.1 Å². The SMILES string of the molecule is CCCN[N+](C)(C)C(CCC)C1CC1. The first-order valence-electron chi connectivity index (χ1n) is 6.20. The minimum Gasteiger partial charge on any atom is -0.248 e. The van der Waals surface area contributed by atoms with Crippen molar-refractivity contribution in [1.82, 2.24) is 5.43 Å². The minimum absolute atomic E-state index is 0.839. The molecular weight excluding hydrogens is 172 g/mol. The Morgan fingerprint density at radius 1 is 1.21 bits per heavy atom. The number of nitrogens with one attached hydrogen (secondary N) is 1. The Morgan fingerprint density at radius 3 is 2.29 bits per heavy atom. The van der Waals surface area contributed by atoms with Gasteiger partial charge in [0.2, 0.25) is 0 Å². The summed E-state index contributed by atoms with van der Waals surface area (Å²) in [7, 11) is 4.66. The van der Waals surface area contributed by atoms with Gasteiger partial charge in [-0.05, 0) is 19.3 Å². The van der Waals surface area contributed by atoms with E-state index in [0.29, 0.717) is 0 Å². The maximum Gasteiger partial charge on any atom is 0.109 e. The smallest absolute Gasteiger partial charge is 0.109 e. The normalized spacial score (nSPS) is 19.7. The highest BCUT2D eigenvalue weighted by atomic mass is 15.6. The fourth-order valence-corrected chi connectivity index (χ4v) is 2.38. The topological polar surface area (TPSA) is 12.0 Å². The molecule has 0 amide bonds. The van der Waals surface area contributed by atoms with Crippen LogP contribution in [0.3, 0.4) is 0 Å². The number of rotatable bonds is 7. The van der Waals surface area contributed by atoms with E-state index < -0.39 is 0 Å². The third-order valence-corrected chi connectivity index (χ3v) is 3.35. The number of hydrogen-bond donors (Lipinski definition) is 1. The van der Waals surface area contributed by atoms with Crippen molar-refractivity contribution >= 4 is 0 Å². The maximum absolute atomic E-state index is 3.65. The first kappa shape index (κ1) is 12.0. The maximum atomic E-state index is 3.65. The fourth-order valence-electron chi connectivity index (χ4n) is 2.38. The van der Waals surface area contributed by atoms with Crippen LogP contribution < -0.4 is 5.43 Å². The van der Waals surface area contributed by atoms with Crippen LogP contribution in [0.5, 0.6) is 0 Å². The number of hydrogen-bond acceptors (Lipinski definition) is 1. The second-order valence-electron chi connectivity index (χ2n) is 5.14. The summed E-state index contributed by atoms with van der Waals surface area (Å²) < 4.78 is 1.02. The Labute approximate surface area is 89.2 Å². The lowest BCUT2D eigenvalue weighted by Crippen LogP contribution is -2.59. The van der Waals surface area contributed by atoms with Crippen LogP contribution >= 0.6 is 0 Å². The van der Waals surface area contributed by atoms with Gasteiger partial charge in [-0.2, -0.15) is 5.43 Å². The molecule has 0 bridgehead atoms. The Kier molecular flexibility index (Phi) is 4.39. The van der Waals surface area contributed by atoms with Crippen molar-refractivity contribution in [1.29, 1.82) is 0 Å². The molecule has 1 aliphatic carbocycles. The Morgan fingerprint density at radius 2 is 1.86 bits per heavy atom. The lowest BCUT2D eigenvalue weighted by molar-refractivity contribution is -0.959. The van der Waals surface area contributed by atoms with E-state index >= 15 is 0 Å². The first-order valence-corrected chi connectivity index (χ1v) is 6.20. The Bertz CT molecular complexity index is 162. The van der Waals surface area contributed by atoms with E-state index in [4.69, 9.17) is 0 Å². The van der Waals surface area contributed by atoms with Crippen LogP contribution in [-0.4, -0.2) is 31.3 Å². The van der Waals surface area contributed by atoms with E-state index in [1.165, 1.54) is 32.1 Å². The standard InChI is InChI=1S/C12H27N2/c1-5-7-12(11-8-9-11)14(3,4)13-10-6-2/h11-13H,5-10H2,1-4H3/q+1. The van der Waals surface area contributed by atoms with Crippen LogP contribution in [0.15, 0.2) is 0 Å². The molecule has 0 aromatic heterocycles. The van der Waals surface area contributed by atoms with Gasteiger partial charge in [-0.3, -0.25) is 0 Å². The number of nitrogens with zero attached hydrogens (tertiary/aromatic N) is 1. The van der Waals surface area contributed by atoms with Crippen LogP contribution in [0.4, 0.5) is 0 Å². The third-order valence-electron chi connectivity index (χ3n) is 3.35. The average molecular weight is 199 g/mol. The van der Waals surface area contributed by atoms with Gasteiger partial charge in [0.05, 0.1) is 14.1 Å². The molecule has 1 unspecified atom stereocenters. The highest BCUT2D eigenvalue weighted by Crippen LogP contribution is 2.38. The van der Waals surface area contributed by atoms with Crippen LogP contribution in [0.25, 0.3) is 0 Å². The second kappa shape index (κ2) is 5.13. The molecule has 0 saturated heterocycles. The molecule has 1 saturated carbocycles. The zero-order valence-electron chi connectivity index (χ0n) is 10.3. The minimum atomic E-state index is 0.839. The summed E-state index contributed by atoms with van der Waals surface area (Å²) >= 11 is 0. The van der Waals surface area contributed by atoms with E-state index in [9.17, 15) is 0 Å². The summed E-state index contributed by atoms with van der Waals surface area (Å²) in [5, 5.41) is 0. The summed E-state index contributed by atoms with van der Waals surface area (Å²) in [4.78, 5) is 0. The highest BCUT2D eigenvalue weighted by Gasteiger charge is 2.41. The van der Waals surface area contributed by atoms with Crippen molar-refractivity contribution < 1.29 is 4.59 Å². The van der Waals surface area contributed by atoms with Crippen LogP contribution in [-0.2, 0) is 0 Å². The summed E-state index contributed by atoms with van der Waals surface area (Å²) in [5.74, 6) is 0.995. The average Bonchev–Trinajstić information content (AvgIpc) is 2.94. The predicted octanol–water partition coefficient (Wildman–Crippen LogP) is 2.56. The zero-order chi connectivity index (χ0) is 10.6. The van der Waals surface area contributed by atoms with Crippen molar-refractivity contribution in [2.24, 2.45) is 5.92 Å². The summed E-state index contributed by atoms with van der Waals surface area (Å²) in [6.07, 6.45) is 6.83.